The average Bonchev–Trinajstić information content (AvgIpc) is 2.47. The monoisotopic (exact) mass is 190 g/mol. The van der Waals surface area contributed by atoms with Gasteiger partial charge in [0.2, 0.25) is 0 Å². The van der Waals surface area contributed by atoms with Crippen LogP contribution in [0.5, 0.6) is 0 Å². The third-order valence-electron chi connectivity index (χ3n) is 2.05. The number of hydrogen-bond donors (Lipinski definition) is 0. The molecule has 0 N–H and O–H groups in total. The Bertz CT molecular complexity index is 442. The van der Waals surface area contributed by atoms with Gasteiger partial charge in [0, 0.05) is 16.0 Å². The molecule has 0 fully saturated rings. The Hall–Kier alpha value is -1.15. The smallest absolute Gasteiger partial charge is 0.124 e. The van der Waals surface area contributed by atoms with Gasteiger partial charge in [-0.15, -0.1) is 11.3 Å². The van der Waals surface area contributed by atoms with Crippen molar-refractivity contribution in [2.45, 2.75) is 13.3 Å². The predicted molar refractivity (Wildman–Crippen MR) is 56.3 cm³/mol. The van der Waals surface area contributed by atoms with E-state index >= 15 is 0 Å². The third-order valence-corrected chi connectivity index (χ3v) is 3.19. The van der Waals surface area contributed by atoms with Gasteiger partial charge in [-0.3, -0.25) is 0 Å². The highest BCUT2D eigenvalue weighted by molar-refractivity contribution is 7.19. The van der Waals surface area contributed by atoms with Crippen molar-refractivity contribution < 1.29 is 4.79 Å². The lowest BCUT2D eigenvalue weighted by Gasteiger charge is -1.95. The fourth-order valence-corrected chi connectivity index (χ4v) is 2.54. The van der Waals surface area contributed by atoms with Crippen LogP contribution in [0.1, 0.15) is 10.4 Å². The third kappa shape index (κ3) is 1.49. The zero-order valence-corrected chi connectivity index (χ0v) is 8.23. The lowest BCUT2D eigenvalue weighted by molar-refractivity contribution is -0.107. The molecule has 66 valence electrons. The molecule has 0 unspecified atom stereocenters. The lowest BCUT2D eigenvalue weighted by atomic mass is 10.1. The molecule has 0 aliphatic carbocycles. The molecular weight excluding hydrogens is 180 g/mol. The fraction of sp³-hybridized carbons (Fsp3) is 0.182. The minimum Gasteiger partial charge on any atom is -0.303 e. The number of hydrogen-bond acceptors (Lipinski definition) is 2. The van der Waals surface area contributed by atoms with E-state index in [0.717, 1.165) is 11.8 Å². The highest BCUT2D eigenvalue weighted by Crippen LogP contribution is 2.28. The quantitative estimate of drug-likeness (QED) is 0.665. The number of fused-ring (bicyclic) bond motifs is 1. The normalized spacial score (nSPS) is 10.5. The maximum absolute atomic E-state index is 10.4. The first kappa shape index (κ1) is 8.45. The fourth-order valence-electron chi connectivity index (χ4n) is 1.50. The molecule has 0 amide bonds. The van der Waals surface area contributed by atoms with Crippen molar-refractivity contribution in [1.29, 1.82) is 0 Å². The topological polar surface area (TPSA) is 17.1 Å². The summed E-state index contributed by atoms with van der Waals surface area (Å²) in [5.41, 5.74) is 1.14. The molecule has 1 aromatic heterocycles. The Kier molecular flexibility index (Phi) is 2.15. The van der Waals surface area contributed by atoms with Crippen molar-refractivity contribution in [3.05, 3.63) is 34.7 Å². The van der Waals surface area contributed by atoms with Gasteiger partial charge >= 0.3 is 0 Å². The summed E-state index contributed by atoms with van der Waals surface area (Å²) in [6.07, 6.45) is 1.49. The number of aryl methyl sites for hydroxylation is 1. The van der Waals surface area contributed by atoms with Gasteiger partial charge in [0.1, 0.15) is 6.29 Å². The van der Waals surface area contributed by atoms with E-state index in [1.54, 1.807) is 11.3 Å². The van der Waals surface area contributed by atoms with Crippen LogP contribution < -0.4 is 0 Å². The first-order valence-electron chi connectivity index (χ1n) is 4.23. The van der Waals surface area contributed by atoms with Gasteiger partial charge in [0.05, 0.1) is 0 Å². The number of benzene rings is 1. The van der Waals surface area contributed by atoms with Crippen LogP contribution in [0.2, 0.25) is 0 Å². The molecule has 1 heterocycles. The van der Waals surface area contributed by atoms with Crippen LogP contribution in [-0.2, 0) is 11.2 Å². The summed E-state index contributed by atoms with van der Waals surface area (Å²) in [4.78, 5) is 11.7. The minimum atomic E-state index is 0.525. The van der Waals surface area contributed by atoms with Gasteiger partial charge in [-0.05, 0) is 23.9 Å². The number of thiophene rings is 1. The Labute approximate surface area is 81.0 Å². The summed E-state index contributed by atoms with van der Waals surface area (Å²) >= 11 is 1.76. The Morgan fingerprint density at radius 1 is 1.46 bits per heavy atom. The zero-order chi connectivity index (χ0) is 9.26. The van der Waals surface area contributed by atoms with Crippen LogP contribution in [0.4, 0.5) is 0 Å². The maximum Gasteiger partial charge on any atom is 0.124 e. The van der Waals surface area contributed by atoms with Crippen molar-refractivity contribution in [1.82, 2.24) is 0 Å². The summed E-state index contributed by atoms with van der Waals surface area (Å²) in [7, 11) is 0. The van der Waals surface area contributed by atoms with Gasteiger partial charge in [-0.1, -0.05) is 18.2 Å². The number of rotatable bonds is 2. The van der Waals surface area contributed by atoms with Crippen LogP contribution in [0, 0.1) is 6.92 Å². The molecule has 2 rings (SSSR count). The molecule has 0 spiro atoms. The molecule has 0 saturated carbocycles. The van der Waals surface area contributed by atoms with Gasteiger partial charge in [0.15, 0.2) is 0 Å². The van der Waals surface area contributed by atoms with Gasteiger partial charge in [-0.25, -0.2) is 0 Å². The van der Waals surface area contributed by atoms with Crippen molar-refractivity contribution >= 4 is 27.7 Å². The van der Waals surface area contributed by atoms with E-state index in [1.807, 2.05) is 12.1 Å². The molecule has 2 aromatic rings. The second kappa shape index (κ2) is 3.30. The number of aldehydes is 1. The molecule has 0 aliphatic heterocycles. The predicted octanol–water partition coefficient (Wildman–Crippen LogP) is 2.95. The number of carbonyl (C=O) groups is 1. The molecular formula is C11H10OS. The average molecular weight is 190 g/mol. The number of carbonyl (C=O) groups excluding carboxylic acids is 1. The van der Waals surface area contributed by atoms with E-state index in [-0.39, 0.29) is 0 Å². The van der Waals surface area contributed by atoms with Crippen LogP contribution in [-0.4, -0.2) is 6.29 Å². The van der Waals surface area contributed by atoms with E-state index in [2.05, 4.69) is 19.1 Å². The van der Waals surface area contributed by atoms with E-state index in [9.17, 15) is 4.79 Å². The molecule has 0 aliphatic rings. The molecule has 0 bridgehead atoms. The second-order valence-electron chi connectivity index (χ2n) is 3.06. The SMILES string of the molecule is Cc1cc2cccc(CC=O)c2s1. The minimum absolute atomic E-state index is 0.525. The van der Waals surface area contributed by atoms with Gasteiger partial charge in [0.25, 0.3) is 0 Å². The van der Waals surface area contributed by atoms with Crippen molar-refractivity contribution in [2.75, 3.05) is 0 Å². The summed E-state index contributed by atoms with van der Waals surface area (Å²) in [6, 6.07) is 8.28. The summed E-state index contributed by atoms with van der Waals surface area (Å²) in [5, 5.41) is 1.25. The highest BCUT2D eigenvalue weighted by Gasteiger charge is 2.02. The van der Waals surface area contributed by atoms with Crippen LogP contribution in [0.15, 0.2) is 24.3 Å². The molecule has 2 heteroatoms. The van der Waals surface area contributed by atoms with Crippen molar-refractivity contribution in [2.24, 2.45) is 0 Å². The van der Waals surface area contributed by atoms with Crippen LogP contribution >= 0.6 is 11.3 Å². The van der Waals surface area contributed by atoms with Crippen LogP contribution in [0.25, 0.3) is 10.1 Å². The van der Waals surface area contributed by atoms with Crippen molar-refractivity contribution in [3.8, 4) is 0 Å². The molecule has 0 saturated heterocycles. The van der Waals surface area contributed by atoms with Crippen LogP contribution in [0.3, 0.4) is 0 Å². The van der Waals surface area contributed by atoms with E-state index in [1.165, 1.54) is 15.0 Å². The summed E-state index contributed by atoms with van der Waals surface area (Å²) in [6.45, 7) is 2.09. The first-order valence-corrected chi connectivity index (χ1v) is 5.04. The van der Waals surface area contributed by atoms with E-state index < -0.39 is 0 Å². The Morgan fingerprint density at radius 2 is 2.31 bits per heavy atom. The lowest BCUT2D eigenvalue weighted by Crippen LogP contribution is -1.84. The Morgan fingerprint density at radius 3 is 3.08 bits per heavy atom. The van der Waals surface area contributed by atoms with E-state index in [4.69, 9.17) is 0 Å². The summed E-state index contributed by atoms with van der Waals surface area (Å²) < 4.78 is 1.26. The second-order valence-corrected chi connectivity index (χ2v) is 4.32. The van der Waals surface area contributed by atoms with E-state index in [0.29, 0.717) is 6.42 Å². The van der Waals surface area contributed by atoms with Gasteiger partial charge in [-0.2, -0.15) is 0 Å². The molecule has 1 nitrogen and oxygen atoms in total. The zero-order valence-electron chi connectivity index (χ0n) is 7.41. The molecule has 1 aromatic carbocycles. The Balaban J connectivity index is 2.67. The van der Waals surface area contributed by atoms with Gasteiger partial charge < -0.3 is 4.79 Å². The maximum atomic E-state index is 10.4. The molecule has 13 heavy (non-hydrogen) atoms. The summed E-state index contributed by atoms with van der Waals surface area (Å²) in [5.74, 6) is 0. The van der Waals surface area contributed by atoms with Crippen molar-refractivity contribution in [3.63, 3.8) is 0 Å². The standard InChI is InChI=1S/C11H10OS/c1-8-7-10-4-2-3-9(5-6-12)11(10)13-8/h2-4,6-7H,5H2,1H3. The largest absolute Gasteiger partial charge is 0.303 e. The molecule has 0 radical (unpaired) electrons. The molecule has 0 atom stereocenters. The first-order chi connectivity index (χ1) is 6.31. The highest BCUT2D eigenvalue weighted by atomic mass is 32.1.